The molecule has 3 atom stereocenters. The molecule has 0 saturated carbocycles. The first kappa shape index (κ1) is 26.8. The molecule has 3 fully saturated rings. The molecular weight excluding hydrogens is 524 g/mol. The highest BCUT2D eigenvalue weighted by molar-refractivity contribution is 5.91. The third-order valence-corrected chi connectivity index (χ3v) is 10.6. The van der Waals surface area contributed by atoms with E-state index in [2.05, 4.69) is 35.7 Å². The summed E-state index contributed by atoms with van der Waals surface area (Å²) in [5.41, 5.74) is 5.38. The highest BCUT2D eigenvalue weighted by atomic mass is 19.1. The van der Waals surface area contributed by atoms with Crippen LogP contribution in [0.15, 0.2) is 36.7 Å². The van der Waals surface area contributed by atoms with Gasteiger partial charge in [-0.05, 0) is 69.5 Å². The fraction of sp³-hybridized carbons (Fsp3) is 0.594. The van der Waals surface area contributed by atoms with Gasteiger partial charge in [-0.3, -0.25) is 9.69 Å². The molecular formula is C32H39F2N5O2. The zero-order chi connectivity index (χ0) is 28.4. The van der Waals surface area contributed by atoms with Crippen LogP contribution in [0.25, 0.3) is 0 Å². The number of nitrogens with zero attached hydrogens (tertiary/aromatic N) is 5. The van der Waals surface area contributed by atoms with Gasteiger partial charge in [-0.25, -0.2) is 8.78 Å². The molecule has 1 amide bonds. The number of alkyl halides is 1. The minimum absolute atomic E-state index is 0.0145. The number of rotatable bonds is 5. The van der Waals surface area contributed by atoms with Crippen LogP contribution in [0.2, 0.25) is 0 Å². The Morgan fingerprint density at radius 1 is 1.12 bits per heavy atom. The summed E-state index contributed by atoms with van der Waals surface area (Å²) in [5, 5.41) is 0. The van der Waals surface area contributed by atoms with Crippen molar-refractivity contribution < 1.29 is 18.3 Å². The van der Waals surface area contributed by atoms with E-state index in [-0.39, 0.29) is 16.9 Å². The molecule has 4 heterocycles. The van der Waals surface area contributed by atoms with Gasteiger partial charge in [0.2, 0.25) is 0 Å². The minimum Gasteiger partial charge on any atom is -0.462 e. The van der Waals surface area contributed by atoms with Crippen LogP contribution in [0, 0.1) is 5.41 Å². The summed E-state index contributed by atoms with van der Waals surface area (Å²) in [5.74, 6) is -0.501. The van der Waals surface area contributed by atoms with Crippen molar-refractivity contribution in [3.63, 3.8) is 0 Å². The van der Waals surface area contributed by atoms with Crippen molar-refractivity contribution in [1.29, 1.82) is 0 Å². The van der Waals surface area contributed by atoms with E-state index < -0.39 is 17.9 Å². The summed E-state index contributed by atoms with van der Waals surface area (Å²) in [6.45, 7) is 6.80. The zero-order valence-corrected chi connectivity index (χ0v) is 23.9. The fourth-order valence-corrected chi connectivity index (χ4v) is 8.17. The molecule has 0 unspecified atom stereocenters. The number of piperidine rings is 1. The highest BCUT2D eigenvalue weighted by Gasteiger charge is 2.48. The maximum atomic E-state index is 14.0. The summed E-state index contributed by atoms with van der Waals surface area (Å²) in [4.78, 5) is 27.9. The number of halogens is 2. The number of likely N-dealkylation sites (N-methyl/N-ethyl adjacent to an activating group) is 1. The first-order valence-corrected chi connectivity index (χ1v) is 15.1. The standard InChI is InChI=1S/C32H39F2N5O2/c1-21(33)29(40)39-19-31(20-39)11-13-38(14-12-31)28-25-8-10-32(9-7-22-5-3-4-6-26(22)32)16-27(25)35-30(36-28)41-18-24-15-23(34)17-37(24)2/h3-6,23-24H,1,7-20H2,2H3/t23-,24+,32+/m1/s1. The molecule has 1 aromatic carbocycles. The number of fused-ring (bicyclic) bond motifs is 3. The van der Waals surface area contributed by atoms with Crippen LogP contribution in [-0.2, 0) is 29.5 Å². The number of carbonyl (C=O) groups excluding carboxylic acids is 1. The van der Waals surface area contributed by atoms with Gasteiger partial charge in [-0.15, -0.1) is 0 Å². The van der Waals surface area contributed by atoms with Gasteiger partial charge in [0.15, 0.2) is 5.83 Å². The number of amides is 1. The Morgan fingerprint density at radius 3 is 2.61 bits per heavy atom. The fourth-order valence-electron chi connectivity index (χ4n) is 8.17. The number of anilines is 1. The average molecular weight is 564 g/mol. The van der Waals surface area contributed by atoms with E-state index >= 15 is 0 Å². The number of carbonyl (C=O) groups is 1. The molecule has 2 aromatic rings. The second-order valence-electron chi connectivity index (χ2n) is 13.2. The lowest BCUT2D eigenvalue weighted by atomic mass is 9.69. The Kier molecular flexibility index (Phi) is 6.56. The summed E-state index contributed by atoms with van der Waals surface area (Å²) in [6, 6.07) is 9.25. The molecule has 0 N–H and O–H groups in total. The summed E-state index contributed by atoms with van der Waals surface area (Å²) in [7, 11) is 1.94. The molecule has 218 valence electrons. The van der Waals surface area contributed by atoms with E-state index in [1.807, 2.05) is 11.9 Å². The zero-order valence-electron chi connectivity index (χ0n) is 23.9. The Bertz CT molecular complexity index is 1370. The topological polar surface area (TPSA) is 61.8 Å². The van der Waals surface area contributed by atoms with Gasteiger partial charge in [0.25, 0.3) is 5.91 Å². The molecule has 3 saturated heterocycles. The van der Waals surface area contributed by atoms with Crippen molar-refractivity contribution in [3.8, 4) is 6.01 Å². The number of hydrogen-bond donors (Lipinski definition) is 0. The summed E-state index contributed by atoms with van der Waals surface area (Å²) < 4.78 is 33.6. The molecule has 3 aliphatic heterocycles. The number of ether oxygens (including phenoxy) is 1. The van der Waals surface area contributed by atoms with Crippen LogP contribution in [0.4, 0.5) is 14.6 Å². The highest BCUT2D eigenvalue weighted by Crippen LogP contribution is 2.49. The average Bonchev–Trinajstić information content (AvgIpc) is 3.47. The summed E-state index contributed by atoms with van der Waals surface area (Å²) in [6.07, 6.45) is 6.63. The maximum absolute atomic E-state index is 14.0. The number of likely N-dealkylation sites (tertiary alicyclic amines) is 2. The lowest BCUT2D eigenvalue weighted by Crippen LogP contribution is -2.62. The Morgan fingerprint density at radius 2 is 1.88 bits per heavy atom. The normalized spacial score (nSPS) is 28.5. The van der Waals surface area contributed by atoms with Crippen LogP contribution in [0.3, 0.4) is 0 Å². The number of aryl methyl sites for hydroxylation is 1. The molecule has 7 nitrogen and oxygen atoms in total. The molecule has 2 spiro atoms. The molecule has 41 heavy (non-hydrogen) atoms. The van der Waals surface area contributed by atoms with Crippen molar-refractivity contribution in [2.24, 2.45) is 5.41 Å². The Balaban J connectivity index is 1.13. The molecule has 0 bridgehead atoms. The van der Waals surface area contributed by atoms with Crippen molar-refractivity contribution >= 4 is 11.7 Å². The maximum Gasteiger partial charge on any atom is 0.318 e. The summed E-state index contributed by atoms with van der Waals surface area (Å²) >= 11 is 0. The Labute approximate surface area is 240 Å². The van der Waals surface area contributed by atoms with Crippen molar-refractivity contribution in [2.75, 3.05) is 51.3 Å². The number of aromatic nitrogens is 2. The predicted octanol–water partition coefficient (Wildman–Crippen LogP) is 4.18. The van der Waals surface area contributed by atoms with E-state index in [9.17, 15) is 13.6 Å². The van der Waals surface area contributed by atoms with E-state index in [0.29, 0.717) is 38.7 Å². The molecule has 2 aliphatic carbocycles. The monoisotopic (exact) mass is 563 g/mol. The van der Waals surface area contributed by atoms with Crippen molar-refractivity contribution in [1.82, 2.24) is 19.8 Å². The van der Waals surface area contributed by atoms with Gasteiger partial charge < -0.3 is 14.5 Å². The minimum atomic E-state index is -0.883. The SMILES string of the molecule is C=C(F)C(=O)N1CC2(CCN(c3nc(OC[C@@H]4C[C@@H](F)CN4C)nc4c3CC[C@@]3(CCc5ccccc53)C4)CC2)C1. The number of hydrogen-bond acceptors (Lipinski definition) is 6. The van der Waals surface area contributed by atoms with Crippen LogP contribution >= 0.6 is 0 Å². The van der Waals surface area contributed by atoms with Crippen LogP contribution in [-0.4, -0.2) is 84.3 Å². The van der Waals surface area contributed by atoms with Gasteiger partial charge >= 0.3 is 6.01 Å². The third-order valence-electron chi connectivity index (χ3n) is 10.6. The molecule has 1 aromatic heterocycles. The van der Waals surface area contributed by atoms with Gasteiger partial charge in [0.05, 0.1) is 5.69 Å². The van der Waals surface area contributed by atoms with Gasteiger partial charge in [0, 0.05) is 55.2 Å². The molecule has 9 heteroatoms. The van der Waals surface area contributed by atoms with E-state index in [4.69, 9.17) is 14.7 Å². The first-order valence-electron chi connectivity index (χ1n) is 15.1. The second-order valence-corrected chi connectivity index (χ2v) is 13.2. The second kappa shape index (κ2) is 10.0. The Hall–Kier alpha value is -3.07. The van der Waals surface area contributed by atoms with Crippen LogP contribution < -0.4 is 9.64 Å². The van der Waals surface area contributed by atoms with E-state index in [1.165, 1.54) is 16.7 Å². The molecule has 0 radical (unpaired) electrons. The smallest absolute Gasteiger partial charge is 0.318 e. The largest absolute Gasteiger partial charge is 0.462 e. The van der Waals surface area contributed by atoms with Crippen molar-refractivity contribution in [2.45, 2.75) is 69.0 Å². The first-order chi connectivity index (χ1) is 19.7. The quantitative estimate of drug-likeness (QED) is 0.509. The number of benzene rings is 1. The van der Waals surface area contributed by atoms with E-state index in [1.54, 1.807) is 4.90 Å². The third kappa shape index (κ3) is 4.70. The van der Waals surface area contributed by atoms with E-state index in [0.717, 1.165) is 69.5 Å². The van der Waals surface area contributed by atoms with Gasteiger partial charge in [-0.1, -0.05) is 30.8 Å². The van der Waals surface area contributed by atoms with Gasteiger partial charge in [-0.2, -0.15) is 9.97 Å². The lowest BCUT2D eigenvalue weighted by Gasteiger charge is -2.54. The molecule has 5 aliphatic rings. The molecule has 7 rings (SSSR count). The van der Waals surface area contributed by atoms with Crippen molar-refractivity contribution in [3.05, 3.63) is 59.1 Å². The lowest BCUT2D eigenvalue weighted by molar-refractivity contribution is -0.142. The van der Waals surface area contributed by atoms with Gasteiger partial charge in [0.1, 0.15) is 18.6 Å². The predicted molar refractivity (Wildman–Crippen MR) is 153 cm³/mol. The van der Waals surface area contributed by atoms with Crippen LogP contribution in [0.1, 0.15) is 54.5 Å². The van der Waals surface area contributed by atoms with Crippen LogP contribution in [0.5, 0.6) is 6.01 Å².